The van der Waals surface area contributed by atoms with E-state index in [0.717, 1.165) is 36.8 Å². The van der Waals surface area contributed by atoms with Gasteiger partial charge in [0.2, 0.25) is 0 Å². The molecule has 0 spiro atoms. The first-order valence-electron chi connectivity index (χ1n) is 12.2. The minimum Gasteiger partial charge on any atom is -0.360 e. The maximum absolute atomic E-state index is 12.7. The van der Waals surface area contributed by atoms with Gasteiger partial charge in [0.15, 0.2) is 0 Å². The lowest BCUT2D eigenvalue weighted by Gasteiger charge is -2.07. The van der Waals surface area contributed by atoms with Crippen LogP contribution in [0.4, 0.5) is 0 Å². The Morgan fingerprint density at radius 2 is 1.03 bits per heavy atom. The third-order valence-corrected chi connectivity index (χ3v) is 5.95. The van der Waals surface area contributed by atoms with E-state index < -0.39 is 0 Å². The van der Waals surface area contributed by atoms with Crippen LogP contribution in [-0.4, -0.2) is 35.2 Å². The second-order valence-electron chi connectivity index (χ2n) is 8.58. The molecular formula is C28H30N4O4. The summed E-state index contributed by atoms with van der Waals surface area (Å²) >= 11 is 0. The maximum atomic E-state index is 12.7. The summed E-state index contributed by atoms with van der Waals surface area (Å²) in [7, 11) is 0. The number of aromatic nitrogens is 2. The van der Waals surface area contributed by atoms with Crippen LogP contribution in [0.15, 0.2) is 69.7 Å². The molecule has 0 aliphatic rings. The van der Waals surface area contributed by atoms with Gasteiger partial charge in [-0.3, -0.25) is 9.59 Å². The van der Waals surface area contributed by atoms with Gasteiger partial charge in [-0.25, -0.2) is 0 Å². The van der Waals surface area contributed by atoms with Crippen molar-refractivity contribution in [3.8, 4) is 22.5 Å². The molecule has 2 N–H and O–H groups in total. The minimum atomic E-state index is -0.182. The average Bonchev–Trinajstić information content (AvgIpc) is 3.49. The molecule has 0 saturated heterocycles. The van der Waals surface area contributed by atoms with Gasteiger partial charge in [-0.2, -0.15) is 0 Å². The summed E-state index contributed by atoms with van der Waals surface area (Å²) in [5.41, 5.74) is 3.75. The molecule has 0 atom stereocenters. The van der Waals surface area contributed by atoms with E-state index in [2.05, 4.69) is 20.9 Å². The highest BCUT2D eigenvalue weighted by Crippen LogP contribution is 2.26. The third-order valence-electron chi connectivity index (χ3n) is 5.95. The zero-order valence-corrected chi connectivity index (χ0v) is 20.5. The molecule has 2 aromatic heterocycles. The Hall–Kier alpha value is -4.20. The standard InChI is InChI=1S/C28H30N4O4/c1-19-23(25(31-35-19)21-13-7-5-8-14-21)27(33)29-17-11-3-4-12-18-30-28(34)24-20(2)36-32-26(24)22-15-9-6-10-16-22/h5-10,13-16H,3-4,11-12,17-18H2,1-2H3,(H,29,33)(H,30,34). The van der Waals surface area contributed by atoms with E-state index in [1.54, 1.807) is 13.8 Å². The van der Waals surface area contributed by atoms with E-state index in [0.29, 0.717) is 47.1 Å². The van der Waals surface area contributed by atoms with Crippen molar-refractivity contribution >= 4 is 11.8 Å². The highest BCUT2D eigenvalue weighted by Gasteiger charge is 2.22. The quantitative estimate of drug-likeness (QED) is 0.277. The van der Waals surface area contributed by atoms with E-state index in [1.807, 2.05) is 60.7 Å². The monoisotopic (exact) mass is 486 g/mol. The Balaban J connectivity index is 1.17. The van der Waals surface area contributed by atoms with E-state index in [4.69, 9.17) is 9.05 Å². The van der Waals surface area contributed by atoms with Crippen molar-refractivity contribution in [1.29, 1.82) is 0 Å². The van der Waals surface area contributed by atoms with Crippen LogP contribution in [0.2, 0.25) is 0 Å². The van der Waals surface area contributed by atoms with Crippen LogP contribution < -0.4 is 10.6 Å². The number of hydrogen-bond donors (Lipinski definition) is 2. The van der Waals surface area contributed by atoms with E-state index in [9.17, 15) is 9.59 Å². The fraction of sp³-hybridized carbons (Fsp3) is 0.286. The van der Waals surface area contributed by atoms with Gasteiger partial charge in [0.1, 0.15) is 34.0 Å². The number of benzene rings is 2. The summed E-state index contributed by atoms with van der Waals surface area (Å²) in [6.45, 7) is 4.60. The Bertz CT molecular complexity index is 1190. The molecule has 36 heavy (non-hydrogen) atoms. The number of unbranched alkanes of at least 4 members (excludes halogenated alkanes) is 3. The zero-order valence-electron chi connectivity index (χ0n) is 20.5. The van der Waals surface area contributed by atoms with Crippen molar-refractivity contribution in [1.82, 2.24) is 20.9 Å². The first kappa shape index (κ1) is 24.9. The predicted molar refractivity (Wildman–Crippen MR) is 136 cm³/mol. The van der Waals surface area contributed by atoms with Gasteiger partial charge in [-0.05, 0) is 26.7 Å². The van der Waals surface area contributed by atoms with Gasteiger partial charge in [0.05, 0.1) is 0 Å². The fourth-order valence-electron chi connectivity index (χ4n) is 4.05. The largest absolute Gasteiger partial charge is 0.360 e. The molecule has 4 aromatic rings. The lowest BCUT2D eigenvalue weighted by molar-refractivity contribution is 0.0942. The molecule has 0 saturated carbocycles. The molecule has 0 bridgehead atoms. The molecule has 0 aliphatic heterocycles. The Morgan fingerprint density at radius 1 is 0.639 bits per heavy atom. The van der Waals surface area contributed by atoms with Crippen molar-refractivity contribution in [3.63, 3.8) is 0 Å². The number of rotatable bonds is 11. The summed E-state index contributed by atoms with van der Waals surface area (Å²) < 4.78 is 10.5. The number of nitrogens with zero attached hydrogens (tertiary/aromatic N) is 2. The first-order chi connectivity index (χ1) is 17.6. The van der Waals surface area contributed by atoms with Gasteiger partial charge in [0.25, 0.3) is 11.8 Å². The third kappa shape index (κ3) is 5.89. The van der Waals surface area contributed by atoms with Crippen LogP contribution in [-0.2, 0) is 0 Å². The van der Waals surface area contributed by atoms with Crippen molar-refractivity contribution in [2.45, 2.75) is 39.5 Å². The van der Waals surface area contributed by atoms with Crippen molar-refractivity contribution in [2.24, 2.45) is 0 Å². The van der Waals surface area contributed by atoms with Crippen LogP contribution in [0.5, 0.6) is 0 Å². The minimum absolute atomic E-state index is 0.182. The second-order valence-corrected chi connectivity index (χ2v) is 8.58. The molecule has 0 fully saturated rings. The number of hydrogen-bond acceptors (Lipinski definition) is 6. The molecule has 186 valence electrons. The number of carbonyl (C=O) groups is 2. The highest BCUT2D eigenvalue weighted by molar-refractivity contribution is 6.01. The number of aryl methyl sites for hydroxylation is 2. The van der Waals surface area contributed by atoms with Gasteiger partial charge < -0.3 is 19.7 Å². The highest BCUT2D eigenvalue weighted by atomic mass is 16.5. The van der Waals surface area contributed by atoms with E-state index in [1.165, 1.54) is 0 Å². The fourth-order valence-corrected chi connectivity index (χ4v) is 4.05. The van der Waals surface area contributed by atoms with Gasteiger partial charge in [-0.15, -0.1) is 0 Å². The molecule has 0 aliphatic carbocycles. The molecule has 2 amide bonds. The predicted octanol–water partition coefficient (Wildman–Crippen LogP) is 5.33. The van der Waals surface area contributed by atoms with Gasteiger partial charge in [-0.1, -0.05) is 83.8 Å². The lowest BCUT2D eigenvalue weighted by Crippen LogP contribution is -2.26. The molecule has 8 heteroatoms. The molecule has 0 unspecified atom stereocenters. The molecule has 2 heterocycles. The number of amides is 2. The van der Waals surface area contributed by atoms with Crippen LogP contribution in [0.25, 0.3) is 22.5 Å². The summed E-state index contributed by atoms with van der Waals surface area (Å²) in [5, 5.41) is 14.1. The number of carbonyl (C=O) groups excluding carboxylic acids is 2. The first-order valence-corrected chi connectivity index (χ1v) is 12.2. The average molecular weight is 487 g/mol. The molecule has 2 aromatic carbocycles. The van der Waals surface area contributed by atoms with Gasteiger partial charge in [0, 0.05) is 24.2 Å². The summed E-state index contributed by atoms with van der Waals surface area (Å²) in [6, 6.07) is 19.0. The van der Waals surface area contributed by atoms with E-state index >= 15 is 0 Å². The SMILES string of the molecule is Cc1onc(-c2ccccc2)c1C(=O)NCCCCCCNC(=O)c1c(-c2ccccc2)noc1C. The molecular weight excluding hydrogens is 456 g/mol. The normalized spacial score (nSPS) is 10.8. The van der Waals surface area contributed by atoms with Crippen molar-refractivity contribution in [3.05, 3.63) is 83.3 Å². The molecule has 0 radical (unpaired) electrons. The number of nitrogens with one attached hydrogen (secondary N) is 2. The zero-order chi connectivity index (χ0) is 25.3. The van der Waals surface area contributed by atoms with Crippen LogP contribution in [0.3, 0.4) is 0 Å². The summed E-state index contributed by atoms with van der Waals surface area (Å²) in [4.78, 5) is 25.5. The van der Waals surface area contributed by atoms with Crippen LogP contribution in [0.1, 0.15) is 57.9 Å². The van der Waals surface area contributed by atoms with Crippen molar-refractivity contribution in [2.75, 3.05) is 13.1 Å². The lowest BCUT2D eigenvalue weighted by atomic mass is 10.1. The van der Waals surface area contributed by atoms with Crippen molar-refractivity contribution < 1.29 is 18.6 Å². The summed E-state index contributed by atoms with van der Waals surface area (Å²) in [5.74, 6) is 0.637. The van der Waals surface area contributed by atoms with Gasteiger partial charge >= 0.3 is 0 Å². The Labute approximate surface area is 210 Å². The smallest absolute Gasteiger partial charge is 0.257 e. The van der Waals surface area contributed by atoms with Crippen LogP contribution in [0, 0.1) is 13.8 Å². The topological polar surface area (TPSA) is 110 Å². The van der Waals surface area contributed by atoms with Crippen LogP contribution >= 0.6 is 0 Å². The second kappa shape index (κ2) is 12.0. The molecule has 8 nitrogen and oxygen atoms in total. The van der Waals surface area contributed by atoms with E-state index in [-0.39, 0.29) is 11.8 Å². The summed E-state index contributed by atoms with van der Waals surface area (Å²) in [6.07, 6.45) is 3.55. The Kier molecular flexibility index (Phi) is 8.28. The maximum Gasteiger partial charge on any atom is 0.257 e. The molecule has 4 rings (SSSR count). The Morgan fingerprint density at radius 3 is 1.42 bits per heavy atom.